The fourth-order valence-electron chi connectivity index (χ4n) is 0. The van der Waals surface area contributed by atoms with Crippen molar-refractivity contribution in [1.29, 1.82) is 0 Å². The molecule has 0 aliphatic rings. The molecule has 0 fully saturated rings. The average Bonchev–Trinajstić information content (AvgIpc) is 0.918. The van der Waals surface area contributed by atoms with Gasteiger partial charge in [-0.2, -0.15) is 0 Å². The molecule has 0 bridgehead atoms. The molecule has 0 unspecified atom stereocenters. The molecule has 0 spiro atoms. The Hall–Kier alpha value is 1.92. The minimum Gasteiger partial charge on any atom is -0.870 e. The maximum atomic E-state index is 8.93. The summed E-state index contributed by atoms with van der Waals surface area (Å²) in [6.07, 6.45) is 0. The van der Waals surface area contributed by atoms with Gasteiger partial charge in [0.2, 0.25) is 0 Å². The summed E-state index contributed by atoms with van der Waals surface area (Å²) < 4.78 is 0. The van der Waals surface area contributed by atoms with Crippen molar-refractivity contribution < 1.29 is 69.7 Å². The van der Waals surface area contributed by atoms with Crippen LogP contribution < -0.4 is 64.2 Å². The third-order valence-corrected chi connectivity index (χ3v) is 0. The molecule has 0 aromatic carbocycles. The Morgan fingerprint density at radius 2 is 1.33 bits per heavy atom. The second-order valence-electron chi connectivity index (χ2n) is 0.289. The maximum absolute atomic E-state index is 8.93. The second-order valence-corrected chi connectivity index (χ2v) is 0.289. The van der Waals surface area contributed by atoms with Crippen molar-refractivity contribution in [3.05, 3.63) is 0 Å². The minimum absolute atomic E-state index is 0. The van der Waals surface area contributed by atoms with Gasteiger partial charge in [-0.05, 0) is 0 Å². The number of hydrogen-bond donors (Lipinski definition) is 0. The summed E-state index contributed by atoms with van der Waals surface area (Å²) in [6, 6.07) is 0. The molecule has 0 rings (SSSR count). The van der Waals surface area contributed by atoms with E-state index in [-0.39, 0.29) is 71.2 Å². The van der Waals surface area contributed by atoms with E-state index in [4.69, 9.17) is 5.11 Å². The fraction of sp³-hybridized carbons (Fsp3) is 1.00. The van der Waals surface area contributed by atoms with Gasteiger partial charge in [-0.1, -0.05) is 6.92 Å². The molecule has 0 aliphatic heterocycles. The molecule has 0 amide bonds. The third kappa shape index (κ3) is 38.9. The molecule has 0 aromatic heterocycles. The van der Waals surface area contributed by atoms with Crippen LogP contribution in [0.25, 0.3) is 0 Å². The van der Waals surface area contributed by atoms with Crippen LogP contribution in [0.5, 0.6) is 0 Å². The molecule has 0 aliphatic carbocycles. The van der Waals surface area contributed by atoms with Crippen molar-refractivity contribution in [1.82, 2.24) is 0 Å². The Bertz CT molecular complexity index is 9.51. The van der Waals surface area contributed by atoms with Gasteiger partial charge >= 0.3 is 59.1 Å². The van der Waals surface area contributed by atoms with E-state index in [1.165, 1.54) is 0 Å². The summed E-state index contributed by atoms with van der Waals surface area (Å²) >= 11 is 0. The van der Waals surface area contributed by atoms with Crippen molar-refractivity contribution in [3.63, 3.8) is 0 Å². The smallest absolute Gasteiger partial charge is 0.870 e. The Labute approximate surface area is 82.2 Å². The molecule has 0 radical (unpaired) electrons. The predicted octanol–water partition coefficient (Wildman–Crippen LogP) is -6.80. The van der Waals surface area contributed by atoms with Crippen molar-refractivity contribution in [2.24, 2.45) is 0 Å². The zero-order chi connectivity index (χ0) is 2.71. The molecule has 0 saturated heterocycles. The molecule has 0 saturated carbocycles. The maximum Gasteiger partial charge on any atom is 1.00 e. The van der Waals surface area contributed by atoms with E-state index in [1.54, 1.807) is 6.92 Å². The van der Waals surface area contributed by atoms with Gasteiger partial charge in [0.25, 0.3) is 0 Å². The van der Waals surface area contributed by atoms with E-state index < -0.39 is 0 Å². The first-order chi connectivity index (χ1) is 1.41. The van der Waals surface area contributed by atoms with Crippen molar-refractivity contribution in [3.8, 4) is 0 Å². The predicted molar refractivity (Wildman–Crippen MR) is 12.5 cm³/mol. The molecular weight excluding hydrogens is 102 g/mol. The Morgan fingerprint density at radius 1 is 1.33 bits per heavy atom. The van der Waals surface area contributed by atoms with Gasteiger partial charge in [0.05, 0.1) is 0 Å². The van der Waals surface area contributed by atoms with Crippen LogP contribution in [-0.4, -0.2) is 12.1 Å². The van der Waals surface area contributed by atoms with Gasteiger partial charge in [-0.25, -0.2) is 0 Å². The third-order valence-electron chi connectivity index (χ3n) is 0. The van der Waals surface area contributed by atoms with E-state index in [1.807, 2.05) is 0 Å². The normalized spacial score (nSPS) is 3.00. The Balaban J connectivity index is -0.00000000667. The summed E-state index contributed by atoms with van der Waals surface area (Å²) in [4.78, 5) is 0. The van der Waals surface area contributed by atoms with Crippen LogP contribution in [0.4, 0.5) is 0 Å². The summed E-state index contributed by atoms with van der Waals surface area (Å²) in [5.41, 5.74) is 0. The van der Waals surface area contributed by atoms with Crippen molar-refractivity contribution in [2.75, 3.05) is 6.61 Å². The van der Waals surface area contributed by atoms with Gasteiger partial charge in [-0.15, -0.1) is 6.61 Å². The molecule has 0 heterocycles. The van der Waals surface area contributed by atoms with Crippen molar-refractivity contribution >= 4 is 0 Å². The van der Waals surface area contributed by atoms with Gasteiger partial charge < -0.3 is 10.6 Å². The van der Waals surface area contributed by atoms with E-state index in [2.05, 4.69) is 0 Å². The van der Waals surface area contributed by atoms with E-state index in [0.29, 0.717) is 0 Å². The second kappa shape index (κ2) is 28.4. The van der Waals surface area contributed by atoms with Crippen LogP contribution in [0.15, 0.2) is 0 Å². The summed E-state index contributed by atoms with van der Waals surface area (Å²) in [6.45, 7) is 1.57. The molecule has 6 heavy (non-hydrogen) atoms. The van der Waals surface area contributed by atoms with Crippen LogP contribution in [0.1, 0.15) is 6.92 Å². The van der Waals surface area contributed by atoms with E-state index in [9.17, 15) is 0 Å². The van der Waals surface area contributed by atoms with Gasteiger partial charge in [0.15, 0.2) is 0 Å². The van der Waals surface area contributed by atoms with E-state index >= 15 is 0 Å². The van der Waals surface area contributed by atoms with E-state index in [0.717, 1.165) is 0 Å². The molecule has 28 valence electrons. The van der Waals surface area contributed by atoms with Gasteiger partial charge in [0, 0.05) is 0 Å². The fourth-order valence-corrected chi connectivity index (χ4v) is 0. The Morgan fingerprint density at radius 3 is 1.33 bits per heavy atom. The largest absolute Gasteiger partial charge is 1.00 e. The topological polar surface area (TPSA) is 53.1 Å². The first kappa shape index (κ1) is 24.7. The van der Waals surface area contributed by atoms with Crippen LogP contribution in [0, 0.1) is 0 Å². The monoisotopic (exact) mass is 108 g/mol. The van der Waals surface area contributed by atoms with Crippen LogP contribution >= 0.6 is 0 Å². The molecular formula is C2H6Na2O2. The molecule has 4 heteroatoms. The van der Waals surface area contributed by atoms with Crippen LogP contribution in [0.2, 0.25) is 0 Å². The number of rotatable bonds is 0. The average molecular weight is 108 g/mol. The molecule has 1 N–H and O–H groups in total. The SMILES string of the molecule is CC[O-].[Na+].[Na+].[OH-]. The zero-order valence-corrected chi connectivity index (χ0v) is 8.56. The molecule has 2 nitrogen and oxygen atoms in total. The van der Waals surface area contributed by atoms with Crippen molar-refractivity contribution in [2.45, 2.75) is 6.92 Å². The zero-order valence-electron chi connectivity index (χ0n) is 4.56. The summed E-state index contributed by atoms with van der Waals surface area (Å²) in [7, 11) is 0. The van der Waals surface area contributed by atoms with Gasteiger partial charge in [0.1, 0.15) is 0 Å². The van der Waals surface area contributed by atoms with Crippen LogP contribution in [-0.2, 0) is 0 Å². The first-order valence-corrected chi connectivity index (χ1v) is 0.996. The standard InChI is InChI=1S/C2H5O.2Na.H2O/c1-2-3;;;/h2H2,1H3;;;1H2/q-1;2*+1;/p-1. The quantitative estimate of drug-likeness (QED) is 0.289. The first-order valence-electron chi connectivity index (χ1n) is 0.996. The molecule has 0 aromatic rings. The van der Waals surface area contributed by atoms with Crippen LogP contribution in [0.3, 0.4) is 0 Å². The molecule has 0 atom stereocenters. The number of hydrogen-bond acceptors (Lipinski definition) is 2. The minimum atomic E-state index is 0. The summed E-state index contributed by atoms with van der Waals surface area (Å²) in [5.74, 6) is 0. The Kier molecular flexibility index (Phi) is 117. The van der Waals surface area contributed by atoms with Gasteiger partial charge in [-0.3, -0.25) is 0 Å². The summed E-state index contributed by atoms with van der Waals surface area (Å²) in [5, 5.41) is 8.93.